The van der Waals surface area contributed by atoms with E-state index in [9.17, 15) is 0 Å². The van der Waals surface area contributed by atoms with Crippen molar-refractivity contribution in [3.63, 3.8) is 0 Å². The fraction of sp³-hybridized carbons (Fsp3) is 1.00. The van der Waals surface area contributed by atoms with Crippen LogP contribution in [0.3, 0.4) is 0 Å². The van der Waals surface area contributed by atoms with E-state index in [-0.39, 0.29) is 5.54 Å². The van der Waals surface area contributed by atoms with Crippen molar-refractivity contribution in [3.8, 4) is 0 Å². The monoisotopic (exact) mass is 254 g/mol. The third-order valence-electron chi connectivity index (χ3n) is 5.01. The molecule has 2 rings (SSSR count). The molecule has 0 aromatic heterocycles. The molecule has 0 bridgehead atoms. The Hall–Kier alpha value is -0.160. The lowest BCUT2D eigenvalue weighted by molar-refractivity contribution is -0.00690. The van der Waals surface area contributed by atoms with Gasteiger partial charge in [0.15, 0.2) is 0 Å². The largest absolute Gasteiger partial charge is 0.329 e. The Bertz CT molecular complexity index is 251. The third kappa shape index (κ3) is 2.87. The molecule has 0 aromatic rings. The summed E-state index contributed by atoms with van der Waals surface area (Å²) < 4.78 is 0. The summed E-state index contributed by atoms with van der Waals surface area (Å²) in [5.74, 6) is 0. The van der Waals surface area contributed by atoms with Gasteiger partial charge in [0.2, 0.25) is 0 Å². The first-order valence-corrected chi connectivity index (χ1v) is 7.45. The predicted molar refractivity (Wildman–Crippen MR) is 76.8 cm³/mol. The highest BCUT2D eigenvalue weighted by Gasteiger charge is 2.39. The number of hydrogen-bond donors (Lipinski definition) is 1. The smallest absolute Gasteiger partial charge is 0.0357 e. The van der Waals surface area contributed by atoms with Crippen molar-refractivity contribution in [1.82, 2.24) is 14.7 Å². The van der Waals surface area contributed by atoms with Gasteiger partial charge in [0.05, 0.1) is 0 Å². The molecule has 4 nitrogen and oxygen atoms in total. The fourth-order valence-corrected chi connectivity index (χ4v) is 3.39. The lowest BCUT2D eigenvalue weighted by Gasteiger charge is -2.51. The molecule has 2 N–H and O–H groups in total. The van der Waals surface area contributed by atoms with Gasteiger partial charge in [-0.15, -0.1) is 0 Å². The number of nitrogens with zero attached hydrogens (tertiary/aromatic N) is 3. The highest BCUT2D eigenvalue weighted by molar-refractivity contribution is 4.98. The van der Waals surface area contributed by atoms with Gasteiger partial charge in [-0.2, -0.15) is 0 Å². The number of piperazine rings is 1. The average Bonchev–Trinajstić information content (AvgIpc) is 2.39. The van der Waals surface area contributed by atoms with Crippen molar-refractivity contribution in [2.75, 3.05) is 52.9 Å². The lowest BCUT2D eigenvalue weighted by atomic mass is 9.84. The van der Waals surface area contributed by atoms with Gasteiger partial charge in [0.25, 0.3) is 0 Å². The van der Waals surface area contributed by atoms with Crippen LogP contribution in [0.5, 0.6) is 0 Å². The van der Waals surface area contributed by atoms with Crippen LogP contribution in [0.1, 0.15) is 26.7 Å². The standard InChI is InChI=1S/C14H30N4/c1-13(2)17-6-4-14(12-15,5-7-17)18-10-8-16(3)9-11-18/h13H,4-12,15H2,1-3H3. The zero-order valence-electron chi connectivity index (χ0n) is 12.4. The zero-order chi connectivity index (χ0) is 13.2. The Morgan fingerprint density at radius 3 is 2.00 bits per heavy atom. The van der Waals surface area contributed by atoms with Crippen molar-refractivity contribution in [1.29, 1.82) is 0 Å². The molecule has 2 aliphatic rings. The van der Waals surface area contributed by atoms with Gasteiger partial charge in [0, 0.05) is 57.4 Å². The summed E-state index contributed by atoms with van der Waals surface area (Å²) in [5, 5.41) is 0. The van der Waals surface area contributed by atoms with E-state index in [4.69, 9.17) is 5.73 Å². The Balaban J connectivity index is 1.95. The molecule has 0 aromatic carbocycles. The molecule has 0 radical (unpaired) electrons. The van der Waals surface area contributed by atoms with Crippen LogP contribution in [0.25, 0.3) is 0 Å². The summed E-state index contributed by atoms with van der Waals surface area (Å²) in [6, 6.07) is 0.674. The molecule has 18 heavy (non-hydrogen) atoms. The molecule has 0 saturated carbocycles. The minimum absolute atomic E-state index is 0.284. The Morgan fingerprint density at radius 2 is 1.56 bits per heavy atom. The van der Waals surface area contributed by atoms with Crippen LogP contribution in [0.2, 0.25) is 0 Å². The van der Waals surface area contributed by atoms with Crippen molar-refractivity contribution < 1.29 is 0 Å². The van der Waals surface area contributed by atoms with E-state index in [0.29, 0.717) is 6.04 Å². The van der Waals surface area contributed by atoms with E-state index in [0.717, 1.165) is 6.54 Å². The molecule has 2 aliphatic heterocycles. The van der Waals surface area contributed by atoms with Crippen molar-refractivity contribution in [3.05, 3.63) is 0 Å². The summed E-state index contributed by atoms with van der Waals surface area (Å²) in [7, 11) is 2.22. The first kappa shape index (κ1) is 14.3. The minimum Gasteiger partial charge on any atom is -0.329 e. The van der Waals surface area contributed by atoms with Crippen LogP contribution in [0, 0.1) is 0 Å². The molecule has 0 atom stereocenters. The maximum absolute atomic E-state index is 6.15. The second-order valence-corrected chi connectivity index (χ2v) is 6.35. The maximum atomic E-state index is 6.15. The van der Waals surface area contributed by atoms with E-state index in [1.807, 2.05) is 0 Å². The third-order valence-corrected chi connectivity index (χ3v) is 5.01. The summed E-state index contributed by atoms with van der Waals surface area (Å²) in [4.78, 5) is 7.68. The van der Waals surface area contributed by atoms with Crippen LogP contribution in [-0.4, -0.2) is 79.1 Å². The molecular formula is C14H30N4. The average molecular weight is 254 g/mol. The molecule has 106 valence electrons. The molecule has 0 spiro atoms. The van der Waals surface area contributed by atoms with Gasteiger partial charge in [-0.05, 0) is 33.7 Å². The van der Waals surface area contributed by atoms with Crippen LogP contribution in [0.4, 0.5) is 0 Å². The van der Waals surface area contributed by atoms with Crippen molar-refractivity contribution >= 4 is 0 Å². The quantitative estimate of drug-likeness (QED) is 0.792. The topological polar surface area (TPSA) is 35.7 Å². The highest BCUT2D eigenvalue weighted by Crippen LogP contribution is 2.29. The van der Waals surface area contributed by atoms with Crippen LogP contribution in [-0.2, 0) is 0 Å². The van der Waals surface area contributed by atoms with E-state index >= 15 is 0 Å². The van der Waals surface area contributed by atoms with Gasteiger partial charge in [-0.3, -0.25) is 4.90 Å². The van der Waals surface area contributed by atoms with E-state index in [1.165, 1.54) is 52.1 Å². The molecule has 2 heterocycles. The van der Waals surface area contributed by atoms with Crippen molar-refractivity contribution in [2.45, 2.75) is 38.3 Å². The van der Waals surface area contributed by atoms with Gasteiger partial charge >= 0.3 is 0 Å². The first-order valence-electron chi connectivity index (χ1n) is 7.45. The minimum atomic E-state index is 0.284. The fourth-order valence-electron chi connectivity index (χ4n) is 3.39. The molecule has 0 amide bonds. The van der Waals surface area contributed by atoms with Gasteiger partial charge in [0.1, 0.15) is 0 Å². The molecule has 2 saturated heterocycles. The number of likely N-dealkylation sites (N-methyl/N-ethyl adjacent to an activating group) is 1. The molecule has 2 fully saturated rings. The second-order valence-electron chi connectivity index (χ2n) is 6.35. The Kier molecular flexibility index (Phi) is 4.64. The SMILES string of the molecule is CC(C)N1CCC(CN)(N2CCN(C)CC2)CC1. The van der Waals surface area contributed by atoms with Crippen LogP contribution < -0.4 is 5.73 Å². The van der Waals surface area contributed by atoms with E-state index in [1.54, 1.807) is 0 Å². The summed E-state index contributed by atoms with van der Waals surface area (Å²) >= 11 is 0. The molecule has 4 heteroatoms. The number of rotatable bonds is 3. The number of hydrogen-bond acceptors (Lipinski definition) is 4. The summed E-state index contributed by atoms with van der Waals surface area (Å²) in [5.41, 5.74) is 6.44. The molecule has 0 unspecified atom stereocenters. The lowest BCUT2D eigenvalue weighted by Crippen LogP contribution is -2.63. The second kappa shape index (κ2) is 5.87. The Labute approximate surface area is 112 Å². The maximum Gasteiger partial charge on any atom is 0.0357 e. The van der Waals surface area contributed by atoms with Gasteiger partial charge in [-0.25, -0.2) is 0 Å². The highest BCUT2D eigenvalue weighted by atomic mass is 15.3. The molecular weight excluding hydrogens is 224 g/mol. The van der Waals surface area contributed by atoms with Crippen LogP contribution in [0.15, 0.2) is 0 Å². The number of nitrogens with two attached hydrogens (primary N) is 1. The molecule has 0 aliphatic carbocycles. The van der Waals surface area contributed by atoms with Gasteiger partial charge in [-0.1, -0.05) is 0 Å². The number of likely N-dealkylation sites (tertiary alicyclic amines) is 1. The van der Waals surface area contributed by atoms with Crippen LogP contribution >= 0.6 is 0 Å². The van der Waals surface area contributed by atoms with Gasteiger partial charge < -0.3 is 15.5 Å². The summed E-state index contributed by atoms with van der Waals surface area (Å²) in [6.45, 7) is 12.6. The zero-order valence-corrected chi connectivity index (χ0v) is 12.4. The van der Waals surface area contributed by atoms with Crippen molar-refractivity contribution in [2.24, 2.45) is 5.73 Å². The van der Waals surface area contributed by atoms with E-state index < -0.39 is 0 Å². The number of piperidine rings is 1. The van der Waals surface area contributed by atoms with E-state index in [2.05, 4.69) is 35.6 Å². The predicted octanol–water partition coefficient (Wildman–Crippen LogP) is 0.436. The first-order chi connectivity index (χ1) is 8.57. The normalized spacial score (nSPS) is 27.8. The summed E-state index contributed by atoms with van der Waals surface area (Å²) in [6.07, 6.45) is 2.48. The Morgan fingerprint density at radius 1 is 1.00 bits per heavy atom.